The molecule has 0 atom stereocenters. The Morgan fingerprint density at radius 1 is 1.05 bits per heavy atom. The Morgan fingerprint density at radius 3 is 2.45 bits per heavy atom. The van der Waals surface area contributed by atoms with Crippen LogP contribution in [0.5, 0.6) is 17.2 Å². The first-order chi connectivity index (χ1) is 9.72. The first-order valence-electron chi connectivity index (χ1n) is 6.55. The molecule has 0 aliphatic rings. The van der Waals surface area contributed by atoms with Crippen LogP contribution in [0, 0.1) is 0 Å². The van der Waals surface area contributed by atoms with Crippen LogP contribution in [0.15, 0.2) is 42.5 Å². The minimum absolute atomic E-state index is 0.262. The lowest BCUT2D eigenvalue weighted by atomic mass is 10.2. The normalized spacial score (nSPS) is 10.1. The molecule has 2 rings (SSSR count). The average Bonchev–Trinajstić information content (AvgIpc) is 2.48. The molecule has 0 fully saturated rings. The monoisotopic (exact) mass is 273 g/mol. The summed E-state index contributed by atoms with van der Waals surface area (Å²) in [7, 11) is 1.63. The summed E-state index contributed by atoms with van der Waals surface area (Å²) >= 11 is 0. The molecule has 0 saturated carbocycles. The molecule has 2 aromatic carbocycles. The van der Waals surface area contributed by atoms with Gasteiger partial charge < -0.3 is 19.9 Å². The zero-order valence-corrected chi connectivity index (χ0v) is 11.7. The molecule has 4 nitrogen and oxygen atoms in total. The van der Waals surface area contributed by atoms with Crippen molar-refractivity contribution < 1.29 is 14.6 Å². The van der Waals surface area contributed by atoms with E-state index in [0.29, 0.717) is 13.2 Å². The summed E-state index contributed by atoms with van der Waals surface area (Å²) in [5.74, 6) is 1.75. The third-order valence-corrected chi connectivity index (χ3v) is 2.89. The number of methoxy groups -OCH3 is 1. The van der Waals surface area contributed by atoms with Crippen LogP contribution in [0.1, 0.15) is 12.5 Å². The topological polar surface area (TPSA) is 50.7 Å². The zero-order chi connectivity index (χ0) is 14.4. The first kappa shape index (κ1) is 14.1. The molecule has 0 spiro atoms. The molecule has 0 aromatic heterocycles. The van der Waals surface area contributed by atoms with Gasteiger partial charge in [0.1, 0.15) is 5.75 Å². The fraction of sp³-hybridized carbons (Fsp3) is 0.250. The zero-order valence-electron chi connectivity index (χ0n) is 11.7. The van der Waals surface area contributed by atoms with Gasteiger partial charge in [0, 0.05) is 12.2 Å². The Bertz CT molecular complexity index is 552. The number of nitrogens with one attached hydrogen (secondary N) is 1. The molecule has 0 unspecified atom stereocenters. The molecule has 0 saturated heterocycles. The van der Waals surface area contributed by atoms with Gasteiger partial charge in [-0.25, -0.2) is 0 Å². The first-order valence-corrected chi connectivity index (χ1v) is 6.55. The lowest BCUT2D eigenvalue weighted by Gasteiger charge is -2.12. The lowest BCUT2D eigenvalue weighted by Crippen LogP contribution is -2.01. The molecule has 2 aromatic rings. The van der Waals surface area contributed by atoms with Crippen molar-refractivity contribution in [3.05, 3.63) is 48.0 Å². The number of benzene rings is 2. The van der Waals surface area contributed by atoms with Gasteiger partial charge in [-0.15, -0.1) is 0 Å². The summed E-state index contributed by atoms with van der Waals surface area (Å²) < 4.78 is 10.8. The number of aromatic hydroxyl groups is 1. The van der Waals surface area contributed by atoms with E-state index in [1.54, 1.807) is 19.2 Å². The number of phenolic OH excluding ortho intramolecular Hbond substituents is 1. The van der Waals surface area contributed by atoms with Crippen LogP contribution in [-0.4, -0.2) is 18.8 Å². The van der Waals surface area contributed by atoms with Gasteiger partial charge in [0.25, 0.3) is 0 Å². The molecular formula is C16H19NO3. The van der Waals surface area contributed by atoms with E-state index in [1.165, 1.54) is 0 Å². The van der Waals surface area contributed by atoms with E-state index in [0.717, 1.165) is 22.7 Å². The van der Waals surface area contributed by atoms with Crippen molar-refractivity contribution in [2.45, 2.75) is 13.5 Å². The molecule has 4 heteroatoms. The van der Waals surface area contributed by atoms with Crippen molar-refractivity contribution in [1.29, 1.82) is 0 Å². The SMILES string of the molecule is CCOc1ccc(CNc2ccc(O)cc2)cc1OC. The quantitative estimate of drug-likeness (QED) is 0.792. The Morgan fingerprint density at radius 2 is 1.80 bits per heavy atom. The van der Waals surface area contributed by atoms with Gasteiger partial charge in [0.2, 0.25) is 0 Å². The van der Waals surface area contributed by atoms with Crippen LogP contribution in [0.3, 0.4) is 0 Å². The van der Waals surface area contributed by atoms with Crippen LogP contribution >= 0.6 is 0 Å². The molecular weight excluding hydrogens is 254 g/mol. The summed E-state index contributed by atoms with van der Waals surface area (Å²) in [5.41, 5.74) is 2.05. The van der Waals surface area contributed by atoms with Crippen LogP contribution in [-0.2, 0) is 6.54 Å². The maximum absolute atomic E-state index is 9.23. The maximum Gasteiger partial charge on any atom is 0.161 e. The van der Waals surface area contributed by atoms with E-state index >= 15 is 0 Å². The highest BCUT2D eigenvalue weighted by molar-refractivity contribution is 5.48. The number of ether oxygens (including phenoxy) is 2. The third-order valence-electron chi connectivity index (χ3n) is 2.89. The van der Waals surface area contributed by atoms with Crippen LogP contribution in [0.25, 0.3) is 0 Å². The summed E-state index contributed by atoms with van der Waals surface area (Å²) in [6.07, 6.45) is 0. The van der Waals surface area contributed by atoms with E-state index in [4.69, 9.17) is 9.47 Å². The predicted molar refractivity (Wildman–Crippen MR) is 79.6 cm³/mol. The molecule has 20 heavy (non-hydrogen) atoms. The Labute approximate surface area is 119 Å². The largest absolute Gasteiger partial charge is 0.508 e. The smallest absolute Gasteiger partial charge is 0.161 e. The average molecular weight is 273 g/mol. The number of rotatable bonds is 6. The molecule has 0 aliphatic carbocycles. The number of anilines is 1. The summed E-state index contributed by atoms with van der Waals surface area (Å²) in [6.45, 7) is 3.23. The van der Waals surface area contributed by atoms with Crippen molar-refractivity contribution in [1.82, 2.24) is 0 Å². The molecule has 0 heterocycles. The number of hydrogen-bond acceptors (Lipinski definition) is 4. The second-order valence-corrected chi connectivity index (χ2v) is 4.32. The fourth-order valence-corrected chi connectivity index (χ4v) is 1.88. The summed E-state index contributed by atoms with van der Waals surface area (Å²) in [6, 6.07) is 12.8. The number of hydrogen-bond donors (Lipinski definition) is 2. The third kappa shape index (κ3) is 3.57. The van der Waals surface area contributed by atoms with Gasteiger partial charge in [-0.1, -0.05) is 6.07 Å². The van der Waals surface area contributed by atoms with Crippen LogP contribution < -0.4 is 14.8 Å². The van der Waals surface area contributed by atoms with E-state index < -0.39 is 0 Å². The summed E-state index contributed by atoms with van der Waals surface area (Å²) in [4.78, 5) is 0. The van der Waals surface area contributed by atoms with Crippen LogP contribution in [0.4, 0.5) is 5.69 Å². The molecule has 0 aliphatic heterocycles. The van der Waals surface area contributed by atoms with Gasteiger partial charge in [-0.05, 0) is 48.9 Å². The molecule has 2 N–H and O–H groups in total. The van der Waals surface area contributed by atoms with Crippen molar-refractivity contribution in [2.75, 3.05) is 19.0 Å². The Balaban J connectivity index is 2.04. The van der Waals surface area contributed by atoms with Crippen molar-refractivity contribution in [3.8, 4) is 17.2 Å². The highest BCUT2D eigenvalue weighted by Gasteiger charge is 2.05. The standard InChI is InChI=1S/C16H19NO3/c1-3-20-15-9-4-12(10-16(15)19-2)11-17-13-5-7-14(18)8-6-13/h4-10,17-18H,3,11H2,1-2H3. The predicted octanol–water partition coefficient (Wildman–Crippen LogP) is 3.41. The second-order valence-electron chi connectivity index (χ2n) is 4.32. The maximum atomic E-state index is 9.23. The Kier molecular flexibility index (Phi) is 4.71. The van der Waals surface area contributed by atoms with E-state index in [-0.39, 0.29) is 5.75 Å². The van der Waals surface area contributed by atoms with Gasteiger partial charge in [0.15, 0.2) is 11.5 Å². The van der Waals surface area contributed by atoms with Crippen molar-refractivity contribution in [3.63, 3.8) is 0 Å². The fourth-order valence-electron chi connectivity index (χ4n) is 1.88. The summed E-state index contributed by atoms with van der Waals surface area (Å²) in [5, 5.41) is 12.5. The highest BCUT2D eigenvalue weighted by Crippen LogP contribution is 2.28. The molecule has 0 amide bonds. The highest BCUT2D eigenvalue weighted by atomic mass is 16.5. The van der Waals surface area contributed by atoms with Crippen molar-refractivity contribution >= 4 is 5.69 Å². The van der Waals surface area contributed by atoms with Crippen molar-refractivity contribution in [2.24, 2.45) is 0 Å². The van der Waals surface area contributed by atoms with Gasteiger partial charge in [-0.2, -0.15) is 0 Å². The minimum atomic E-state index is 0.262. The van der Waals surface area contributed by atoms with E-state index in [2.05, 4.69) is 5.32 Å². The van der Waals surface area contributed by atoms with Gasteiger partial charge in [-0.3, -0.25) is 0 Å². The Hall–Kier alpha value is -2.36. The lowest BCUT2D eigenvalue weighted by molar-refractivity contribution is 0.310. The second kappa shape index (κ2) is 6.70. The molecule has 106 valence electrons. The molecule has 0 bridgehead atoms. The molecule has 0 radical (unpaired) electrons. The van der Waals surface area contributed by atoms with E-state index in [1.807, 2.05) is 37.3 Å². The van der Waals surface area contributed by atoms with Crippen LogP contribution in [0.2, 0.25) is 0 Å². The number of phenols is 1. The van der Waals surface area contributed by atoms with Gasteiger partial charge >= 0.3 is 0 Å². The van der Waals surface area contributed by atoms with E-state index in [9.17, 15) is 5.11 Å². The van der Waals surface area contributed by atoms with Gasteiger partial charge in [0.05, 0.1) is 13.7 Å². The minimum Gasteiger partial charge on any atom is -0.508 e.